The lowest BCUT2D eigenvalue weighted by Gasteiger charge is -2.23. The molecule has 0 radical (unpaired) electrons. The van der Waals surface area contributed by atoms with Crippen LogP contribution in [-0.4, -0.2) is 25.7 Å². The van der Waals surface area contributed by atoms with E-state index >= 15 is 0 Å². The van der Waals surface area contributed by atoms with Crippen LogP contribution in [-0.2, 0) is 14.9 Å². The summed E-state index contributed by atoms with van der Waals surface area (Å²) < 4.78 is 11.1. The number of anilines is 1. The summed E-state index contributed by atoms with van der Waals surface area (Å²) in [6, 6.07) is 5.92. The molecule has 0 aromatic heterocycles. The number of amides is 1. The first-order valence-electron chi connectivity index (χ1n) is 8.50. The van der Waals surface area contributed by atoms with Gasteiger partial charge in [0.15, 0.2) is 0 Å². The van der Waals surface area contributed by atoms with E-state index in [1.54, 1.807) is 7.11 Å². The van der Waals surface area contributed by atoms with Gasteiger partial charge in [-0.3, -0.25) is 4.79 Å². The SMILES string of the molecule is COc1ccc(C(C)(C)C)cc1NC(=O)COC1CCCCC1. The third-order valence-electron chi connectivity index (χ3n) is 4.34. The van der Waals surface area contributed by atoms with E-state index in [1.165, 1.54) is 19.3 Å². The van der Waals surface area contributed by atoms with Crippen molar-refractivity contribution >= 4 is 11.6 Å². The Morgan fingerprint density at radius 2 is 1.91 bits per heavy atom. The molecule has 128 valence electrons. The molecule has 1 N–H and O–H groups in total. The Bertz CT molecular complexity index is 528. The Morgan fingerprint density at radius 1 is 1.22 bits per heavy atom. The standard InChI is InChI=1S/C19H29NO3/c1-19(2,3)14-10-11-17(22-4)16(12-14)20-18(21)13-23-15-8-6-5-7-9-15/h10-12,15H,5-9,13H2,1-4H3,(H,20,21). The molecule has 23 heavy (non-hydrogen) atoms. The maximum atomic E-state index is 12.2. The molecule has 0 spiro atoms. The molecular weight excluding hydrogens is 290 g/mol. The summed E-state index contributed by atoms with van der Waals surface area (Å²) in [5.74, 6) is 0.545. The monoisotopic (exact) mass is 319 g/mol. The predicted octanol–water partition coefficient (Wildman–Crippen LogP) is 4.28. The number of carbonyl (C=O) groups is 1. The highest BCUT2D eigenvalue weighted by Crippen LogP contribution is 2.31. The molecule has 0 atom stereocenters. The van der Waals surface area contributed by atoms with E-state index in [0.717, 1.165) is 18.4 Å². The molecule has 1 aromatic rings. The summed E-state index contributed by atoms with van der Waals surface area (Å²) >= 11 is 0. The van der Waals surface area contributed by atoms with Crippen molar-refractivity contribution in [3.8, 4) is 5.75 Å². The Balaban J connectivity index is 1.98. The topological polar surface area (TPSA) is 47.6 Å². The maximum Gasteiger partial charge on any atom is 0.250 e. The van der Waals surface area contributed by atoms with Gasteiger partial charge >= 0.3 is 0 Å². The minimum atomic E-state index is -0.125. The van der Waals surface area contributed by atoms with E-state index in [2.05, 4.69) is 26.1 Å². The molecule has 0 saturated heterocycles. The molecule has 0 aliphatic heterocycles. The van der Waals surface area contributed by atoms with Crippen LogP contribution in [0.2, 0.25) is 0 Å². The van der Waals surface area contributed by atoms with Crippen molar-refractivity contribution < 1.29 is 14.3 Å². The fourth-order valence-electron chi connectivity index (χ4n) is 2.88. The molecule has 1 aliphatic carbocycles. The highest BCUT2D eigenvalue weighted by atomic mass is 16.5. The largest absolute Gasteiger partial charge is 0.495 e. The van der Waals surface area contributed by atoms with Crippen LogP contribution in [0.4, 0.5) is 5.69 Å². The van der Waals surface area contributed by atoms with Crippen molar-refractivity contribution in [3.05, 3.63) is 23.8 Å². The second-order valence-corrected chi connectivity index (χ2v) is 7.28. The molecule has 1 aromatic carbocycles. The smallest absolute Gasteiger partial charge is 0.250 e. The van der Waals surface area contributed by atoms with E-state index in [-0.39, 0.29) is 24.0 Å². The number of rotatable bonds is 5. The highest BCUT2D eigenvalue weighted by Gasteiger charge is 2.18. The van der Waals surface area contributed by atoms with Crippen molar-refractivity contribution in [2.24, 2.45) is 0 Å². The molecule has 0 heterocycles. The zero-order valence-corrected chi connectivity index (χ0v) is 14.8. The van der Waals surface area contributed by atoms with Gasteiger partial charge in [-0.25, -0.2) is 0 Å². The lowest BCUT2D eigenvalue weighted by atomic mass is 9.87. The van der Waals surface area contributed by atoms with Gasteiger partial charge in [0.2, 0.25) is 5.91 Å². The number of benzene rings is 1. The van der Waals surface area contributed by atoms with Crippen LogP contribution >= 0.6 is 0 Å². The van der Waals surface area contributed by atoms with Gasteiger partial charge < -0.3 is 14.8 Å². The minimum absolute atomic E-state index is 0.0182. The summed E-state index contributed by atoms with van der Waals surface area (Å²) in [5.41, 5.74) is 1.88. The second-order valence-electron chi connectivity index (χ2n) is 7.28. The number of ether oxygens (including phenoxy) is 2. The molecule has 0 unspecified atom stereocenters. The predicted molar refractivity (Wildman–Crippen MR) is 93.1 cm³/mol. The first-order valence-corrected chi connectivity index (χ1v) is 8.50. The summed E-state index contributed by atoms with van der Waals surface area (Å²) in [6.45, 7) is 6.54. The van der Waals surface area contributed by atoms with Gasteiger partial charge in [-0.15, -0.1) is 0 Å². The average molecular weight is 319 g/mol. The van der Waals surface area contributed by atoms with Crippen LogP contribution in [0.1, 0.15) is 58.4 Å². The molecule has 4 heteroatoms. The first-order chi connectivity index (χ1) is 10.9. The van der Waals surface area contributed by atoms with Crippen LogP contribution in [0.5, 0.6) is 5.75 Å². The molecule has 1 aliphatic rings. The summed E-state index contributed by atoms with van der Waals surface area (Å²) in [7, 11) is 1.61. The Morgan fingerprint density at radius 3 is 2.52 bits per heavy atom. The van der Waals surface area contributed by atoms with Gasteiger partial charge in [0.1, 0.15) is 12.4 Å². The highest BCUT2D eigenvalue weighted by molar-refractivity contribution is 5.93. The molecule has 1 saturated carbocycles. The third kappa shape index (κ3) is 5.24. The van der Waals surface area contributed by atoms with Crippen molar-refractivity contribution in [3.63, 3.8) is 0 Å². The van der Waals surface area contributed by atoms with Crippen molar-refractivity contribution in [2.45, 2.75) is 64.4 Å². The lowest BCUT2D eigenvalue weighted by Crippen LogP contribution is -2.25. The third-order valence-corrected chi connectivity index (χ3v) is 4.34. The number of methoxy groups -OCH3 is 1. The van der Waals surface area contributed by atoms with Crippen LogP contribution in [0.25, 0.3) is 0 Å². The van der Waals surface area contributed by atoms with Crippen molar-refractivity contribution in [2.75, 3.05) is 19.0 Å². The van der Waals surface area contributed by atoms with E-state index < -0.39 is 0 Å². The van der Waals surface area contributed by atoms with Crippen LogP contribution in [0.15, 0.2) is 18.2 Å². The molecular formula is C19H29NO3. The summed E-state index contributed by atoms with van der Waals surface area (Å²) in [5, 5.41) is 2.92. The Kier molecular flexibility index (Phi) is 6.05. The van der Waals surface area contributed by atoms with E-state index in [9.17, 15) is 4.79 Å². The van der Waals surface area contributed by atoms with Gasteiger partial charge in [0, 0.05) is 0 Å². The molecule has 1 fully saturated rings. The summed E-state index contributed by atoms with van der Waals surface area (Å²) in [4.78, 5) is 12.2. The van der Waals surface area contributed by atoms with E-state index in [0.29, 0.717) is 11.4 Å². The van der Waals surface area contributed by atoms with Crippen molar-refractivity contribution in [1.29, 1.82) is 0 Å². The number of hydrogen-bond donors (Lipinski definition) is 1. The zero-order chi connectivity index (χ0) is 16.9. The van der Waals surface area contributed by atoms with E-state index in [1.807, 2.05) is 18.2 Å². The van der Waals surface area contributed by atoms with Gasteiger partial charge in [-0.2, -0.15) is 0 Å². The lowest BCUT2D eigenvalue weighted by molar-refractivity contribution is -0.123. The summed E-state index contributed by atoms with van der Waals surface area (Å²) in [6.07, 6.45) is 6.05. The molecule has 1 amide bonds. The normalized spacial score (nSPS) is 16.2. The van der Waals surface area contributed by atoms with Crippen LogP contribution in [0.3, 0.4) is 0 Å². The van der Waals surface area contributed by atoms with E-state index in [4.69, 9.17) is 9.47 Å². The number of carbonyl (C=O) groups excluding carboxylic acids is 1. The maximum absolute atomic E-state index is 12.2. The second kappa shape index (κ2) is 7.82. The first kappa shape index (κ1) is 17.8. The van der Waals surface area contributed by atoms with Crippen molar-refractivity contribution in [1.82, 2.24) is 0 Å². The van der Waals surface area contributed by atoms with Crippen LogP contribution in [0, 0.1) is 0 Å². The minimum Gasteiger partial charge on any atom is -0.495 e. The van der Waals surface area contributed by atoms with Gasteiger partial charge in [-0.1, -0.05) is 46.1 Å². The fourth-order valence-corrected chi connectivity index (χ4v) is 2.88. The number of hydrogen-bond acceptors (Lipinski definition) is 3. The van der Waals surface area contributed by atoms with Gasteiger partial charge in [0.25, 0.3) is 0 Å². The Labute approximate surface area is 139 Å². The zero-order valence-electron chi connectivity index (χ0n) is 14.8. The fraction of sp³-hybridized carbons (Fsp3) is 0.632. The van der Waals surface area contributed by atoms with Crippen LogP contribution < -0.4 is 10.1 Å². The van der Waals surface area contributed by atoms with Gasteiger partial charge in [-0.05, 0) is 36.0 Å². The Hall–Kier alpha value is -1.55. The quantitative estimate of drug-likeness (QED) is 0.881. The molecule has 0 bridgehead atoms. The molecule has 2 rings (SSSR count). The van der Waals surface area contributed by atoms with Gasteiger partial charge in [0.05, 0.1) is 18.9 Å². The number of nitrogens with one attached hydrogen (secondary N) is 1. The average Bonchev–Trinajstić information content (AvgIpc) is 2.53. The molecule has 4 nitrogen and oxygen atoms in total.